The number of hydrogen-bond donors (Lipinski definition) is 4. The highest BCUT2D eigenvalue weighted by atomic mass is 15.2. The molecular formula is C54H36N6. The molecule has 6 heteroatoms. The first-order chi connectivity index (χ1) is 29.7. The highest BCUT2D eigenvalue weighted by Gasteiger charge is 2.20. The minimum atomic E-state index is 1.07. The molecule has 0 aliphatic carbocycles. The quantitative estimate of drug-likeness (QED) is 0.136. The summed E-state index contributed by atoms with van der Waals surface area (Å²) in [5.74, 6) is 0. The topological polar surface area (TPSA) is 69.6 Å². The van der Waals surface area contributed by atoms with Crippen molar-refractivity contribution < 1.29 is 0 Å². The van der Waals surface area contributed by atoms with E-state index >= 15 is 0 Å². The summed E-state index contributed by atoms with van der Waals surface area (Å²) in [5.41, 5.74) is 15.5. The Morgan fingerprint density at radius 1 is 0.200 bits per heavy atom. The van der Waals surface area contributed by atoms with Crippen LogP contribution in [0, 0.1) is 0 Å². The number of fused-ring (bicyclic) bond motifs is 12. The van der Waals surface area contributed by atoms with Crippen LogP contribution in [-0.4, -0.2) is 19.9 Å². The van der Waals surface area contributed by atoms with Gasteiger partial charge in [0.05, 0.1) is 0 Å². The van der Waals surface area contributed by atoms with Crippen molar-refractivity contribution in [3.63, 3.8) is 0 Å². The van der Waals surface area contributed by atoms with Gasteiger partial charge in [-0.1, -0.05) is 72.8 Å². The van der Waals surface area contributed by atoms with Crippen molar-refractivity contribution in [3.8, 4) is 0 Å². The van der Waals surface area contributed by atoms with Gasteiger partial charge >= 0.3 is 0 Å². The Morgan fingerprint density at radius 3 is 0.683 bits per heavy atom. The van der Waals surface area contributed by atoms with Gasteiger partial charge in [-0.3, -0.25) is 0 Å². The summed E-state index contributed by atoms with van der Waals surface area (Å²) in [4.78, 5) is 19.2. The van der Waals surface area contributed by atoms with E-state index in [1.165, 1.54) is 43.1 Å². The summed E-state index contributed by atoms with van der Waals surface area (Å²) in [6.45, 7) is 0. The number of aromatic nitrogens is 4. The van der Waals surface area contributed by atoms with E-state index in [9.17, 15) is 0 Å². The number of benzene rings is 9. The van der Waals surface area contributed by atoms with Gasteiger partial charge in [0.15, 0.2) is 0 Å². The maximum Gasteiger partial charge on any atom is 0.0469 e. The number of nitrogens with zero attached hydrogens (tertiary/aromatic N) is 2. The largest absolute Gasteiger partial charge is 0.355 e. The highest BCUT2D eigenvalue weighted by Crippen LogP contribution is 2.44. The number of nitrogens with one attached hydrogen (secondary N) is 4. The van der Waals surface area contributed by atoms with E-state index in [0.29, 0.717) is 0 Å². The van der Waals surface area contributed by atoms with Gasteiger partial charge in [0.25, 0.3) is 0 Å². The van der Waals surface area contributed by atoms with Crippen molar-refractivity contribution in [2.24, 2.45) is 0 Å². The lowest BCUT2D eigenvalue weighted by atomic mass is 10.1. The molecule has 282 valence electrons. The molecular weight excluding hydrogens is 733 g/mol. The Balaban J connectivity index is 0.996. The Hall–Kier alpha value is -8.22. The molecule has 0 aliphatic rings. The second kappa shape index (κ2) is 12.6. The molecule has 0 aliphatic heterocycles. The fourth-order valence-corrected chi connectivity index (χ4v) is 9.55. The number of aromatic amines is 4. The molecule has 6 nitrogen and oxygen atoms in total. The third-order valence-electron chi connectivity index (χ3n) is 12.4. The third kappa shape index (κ3) is 5.01. The van der Waals surface area contributed by atoms with E-state index in [0.717, 1.165) is 78.3 Å². The number of H-pyrrole nitrogens is 4. The molecule has 0 saturated heterocycles. The summed E-state index contributed by atoms with van der Waals surface area (Å²) >= 11 is 0. The Kier molecular flexibility index (Phi) is 6.91. The maximum absolute atomic E-state index is 3.62. The van der Waals surface area contributed by atoms with Crippen molar-refractivity contribution in [1.29, 1.82) is 0 Å². The molecule has 0 fully saturated rings. The van der Waals surface area contributed by atoms with Crippen molar-refractivity contribution in [2.75, 3.05) is 9.80 Å². The van der Waals surface area contributed by atoms with Crippen LogP contribution in [-0.2, 0) is 0 Å². The smallest absolute Gasteiger partial charge is 0.0469 e. The molecule has 0 saturated carbocycles. The predicted octanol–water partition coefficient (Wildman–Crippen LogP) is 15.2. The van der Waals surface area contributed by atoms with Crippen molar-refractivity contribution >= 4 is 121 Å². The lowest BCUT2D eigenvalue weighted by Crippen LogP contribution is -2.12. The molecule has 0 spiro atoms. The van der Waals surface area contributed by atoms with Gasteiger partial charge in [-0.25, -0.2) is 0 Å². The molecule has 0 unspecified atom stereocenters. The molecule has 0 radical (unpaired) electrons. The summed E-state index contributed by atoms with van der Waals surface area (Å²) in [5, 5.41) is 9.65. The van der Waals surface area contributed by atoms with E-state index in [2.05, 4.69) is 224 Å². The molecule has 0 bridgehead atoms. The highest BCUT2D eigenvalue weighted by molar-refractivity contribution is 6.12. The average molecular weight is 769 g/mol. The summed E-state index contributed by atoms with van der Waals surface area (Å²) in [6, 6.07) is 70.2. The van der Waals surface area contributed by atoms with Gasteiger partial charge in [0, 0.05) is 121 Å². The number of hydrogen-bond acceptors (Lipinski definition) is 2. The van der Waals surface area contributed by atoms with Crippen LogP contribution in [0.5, 0.6) is 0 Å². The van der Waals surface area contributed by atoms with Gasteiger partial charge in [0.1, 0.15) is 0 Å². The van der Waals surface area contributed by atoms with Crippen molar-refractivity contribution in [1.82, 2.24) is 19.9 Å². The first kappa shape index (κ1) is 32.8. The van der Waals surface area contributed by atoms with Crippen LogP contribution in [0.3, 0.4) is 0 Å². The molecule has 0 amide bonds. The lowest BCUT2D eigenvalue weighted by Gasteiger charge is -2.28. The molecule has 4 aromatic heterocycles. The summed E-state index contributed by atoms with van der Waals surface area (Å²) in [6.07, 6.45) is 0. The zero-order valence-corrected chi connectivity index (χ0v) is 32.4. The minimum absolute atomic E-state index is 1.07. The van der Waals surface area contributed by atoms with Crippen LogP contribution in [0.15, 0.2) is 194 Å². The number of para-hydroxylation sites is 4. The minimum Gasteiger partial charge on any atom is -0.355 e. The SMILES string of the molecule is c1ccc2c(c1)[nH]c1ccc(N(c3ccc(N(c4ccc5[nH]c6ccccc6c5c4)c4ccc5[nH]c6ccccc6c5c4)cc3)c3ccc4[nH]c5ccccc5c4c3)cc12. The summed E-state index contributed by atoms with van der Waals surface area (Å²) in [7, 11) is 0. The number of anilines is 6. The molecule has 4 N–H and O–H groups in total. The molecule has 0 atom stereocenters. The second-order valence-electron chi connectivity index (χ2n) is 15.8. The Bertz CT molecular complexity index is 3330. The maximum atomic E-state index is 3.62. The normalized spacial score (nSPS) is 12.0. The molecule has 60 heavy (non-hydrogen) atoms. The fraction of sp³-hybridized carbons (Fsp3) is 0. The fourth-order valence-electron chi connectivity index (χ4n) is 9.55. The van der Waals surface area contributed by atoms with Crippen LogP contribution in [0.1, 0.15) is 0 Å². The molecule has 13 rings (SSSR count). The first-order valence-electron chi connectivity index (χ1n) is 20.4. The van der Waals surface area contributed by atoms with Gasteiger partial charge in [-0.15, -0.1) is 0 Å². The van der Waals surface area contributed by atoms with E-state index < -0.39 is 0 Å². The van der Waals surface area contributed by atoms with Crippen LogP contribution >= 0.6 is 0 Å². The van der Waals surface area contributed by atoms with Gasteiger partial charge in [-0.2, -0.15) is 0 Å². The van der Waals surface area contributed by atoms with Crippen molar-refractivity contribution in [3.05, 3.63) is 194 Å². The van der Waals surface area contributed by atoms with E-state index in [1.54, 1.807) is 0 Å². The van der Waals surface area contributed by atoms with Gasteiger partial charge < -0.3 is 29.7 Å². The van der Waals surface area contributed by atoms with E-state index in [1.807, 2.05) is 0 Å². The predicted molar refractivity (Wildman–Crippen MR) is 253 cm³/mol. The lowest BCUT2D eigenvalue weighted by molar-refractivity contribution is 1.26. The van der Waals surface area contributed by atoms with Crippen LogP contribution in [0.2, 0.25) is 0 Å². The van der Waals surface area contributed by atoms with E-state index in [-0.39, 0.29) is 0 Å². The standard InChI is InChI=1S/C54H36N6/c1-5-13-47-39(9-1)43-29-35(21-25-51(43)55-47)59(36-22-26-52-44(30-36)40-10-2-6-14-48(40)56-52)33-17-19-34(20-18-33)60(37-23-27-53-45(31-37)41-11-3-7-15-49(41)57-53)38-24-28-54-46(32-38)42-12-4-8-16-50(42)58-54/h1-32,55-58H. The van der Waals surface area contributed by atoms with E-state index in [4.69, 9.17) is 0 Å². The zero-order chi connectivity index (χ0) is 39.3. The molecule has 4 heterocycles. The van der Waals surface area contributed by atoms with Crippen molar-refractivity contribution in [2.45, 2.75) is 0 Å². The molecule has 9 aromatic carbocycles. The zero-order valence-electron chi connectivity index (χ0n) is 32.4. The number of rotatable bonds is 6. The Labute approximate surface area is 343 Å². The van der Waals surface area contributed by atoms with Gasteiger partial charge in [-0.05, 0) is 121 Å². The second-order valence-corrected chi connectivity index (χ2v) is 15.8. The Morgan fingerprint density at radius 2 is 0.417 bits per heavy atom. The monoisotopic (exact) mass is 768 g/mol. The van der Waals surface area contributed by atoms with Crippen LogP contribution < -0.4 is 9.80 Å². The van der Waals surface area contributed by atoms with Gasteiger partial charge in [0.2, 0.25) is 0 Å². The average Bonchev–Trinajstić information content (AvgIpc) is 4.07. The third-order valence-corrected chi connectivity index (χ3v) is 12.4. The first-order valence-corrected chi connectivity index (χ1v) is 20.4. The van der Waals surface area contributed by atoms with Crippen LogP contribution in [0.4, 0.5) is 34.1 Å². The van der Waals surface area contributed by atoms with Crippen LogP contribution in [0.25, 0.3) is 87.2 Å². The summed E-state index contributed by atoms with van der Waals surface area (Å²) < 4.78 is 0. The molecule has 13 aromatic rings.